The number of amides is 1. The van der Waals surface area contributed by atoms with Crippen LogP contribution in [-0.4, -0.2) is 43.2 Å². The second kappa shape index (κ2) is 9.16. The first-order chi connectivity index (χ1) is 16.5. The van der Waals surface area contributed by atoms with Crippen LogP contribution >= 0.6 is 0 Å². The second-order valence-corrected chi connectivity index (χ2v) is 8.76. The summed E-state index contributed by atoms with van der Waals surface area (Å²) in [5.74, 6) is 1.63. The Morgan fingerprint density at radius 3 is 2.56 bits per heavy atom. The van der Waals surface area contributed by atoms with Gasteiger partial charge in [0.1, 0.15) is 11.9 Å². The van der Waals surface area contributed by atoms with Crippen molar-refractivity contribution in [2.75, 3.05) is 35.4 Å². The van der Waals surface area contributed by atoms with Crippen LogP contribution in [0.1, 0.15) is 25.3 Å². The number of aromatic nitrogens is 1. The normalized spacial score (nSPS) is 18.4. The Morgan fingerprint density at radius 1 is 1.06 bits per heavy atom. The Kier molecular flexibility index (Phi) is 5.91. The minimum atomic E-state index is -0.275. The maximum atomic E-state index is 12.9. The fraction of sp³-hybridized carbons (Fsp3) is 0.296. The van der Waals surface area contributed by atoms with Gasteiger partial charge in [-0.05, 0) is 67.3 Å². The van der Waals surface area contributed by atoms with Crippen molar-refractivity contribution in [3.63, 3.8) is 0 Å². The molecular formula is C27H27N5O2. The summed E-state index contributed by atoms with van der Waals surface area (Å²) in [6.45, 7) is 3.36. The Bertz CT molecular complexity index is 1240. The average Bonchev–Trinajstić information content (AvgIpc) is 2.88. The van der Waals surface area contributed by atoms with E-state index in [1.165, 1.54) is 0 Å². The Hall–Kier alpha value is -3.89. The van der Waals surface area contributed by atoms with E-state index in [9.17, 15) is 4.79 Å². The van der Waals surface area contributed by atoms with Crippen LogP contribution in [0, 0.1) is 11.3 Å². The number of ether oxygens (including phenoxy) is 1. The number of benzene rings is 2. The van der Waals surface area contributed by atoms with Gasteiger partial charge >= 0.3 is 0 Å². The van der Waals surface area contributed by atoms with Crippen LogP contribution in [0.4, 0.5) is 23.0 Å². The second-order valence-electron chi connectivity index (χ2n) is 8.76. The number of fused-ring (bicyclic) bond motifs is 1. The molecule has 34 heavy (non-hydrogen) atoms. The number of carbonyl (C=O) groups excluding carboxylic acids is 1. The van der Waals surface area contributed by atoms with E-state index in [1.807, 2.05) is 68.6 Å². The summed E-state index contributed by atoms with van der Waals surface area (Å²) in [5.41, 5.74) is 4.48. The average molecular weight is 454 g/mol. The summed E-state index contributed by atoms with van der Waals surface area (Å²) in [7, 11) is 1.81. The van der Waals surface area contributed by atoms with E-state index >= 15 is 0 Å². The quantitative estimate of drug-likeness (QED) is 0.616. The largest absolute Gasteiger partial charge is 0.381 e. The maximum Gasteiger partial charge on any atom is 0.249 e. The molecule has 3 aromatic rings. The van der Waals surface area contributed by atoms with Crippen molar-refractivity contribution in [2.45, 2.75) is 31.8 Å². The van der Waals surface area contributed by atoms with Crippen molar-refractivity contribution in [1.82, 2.24) is 4.98 Å². The number of likely N-dealkylation sites (N-methyl/N-ethyl adjacent to an activating group) is 1. The smallest absolute Gasteiger partial charge is 0.249 e. The summed E-state index contributed by atoms with van der Waals surface area (Å²) < 4.78 is 5.55. The molecule has 7 nitrogen and oxygen atoms in total. The molecule has 1 fully saturated rings. The standard InChI is InChI=1S/C27H27N5O2/c1-18-27(33)31(2)24-10-11-25(30-26(24)32(18)23-12-14-34-15-13-23)29-22-5-3-4-21(16-22)20-8-6-19(17-28)7-9-20/h3-11,16,18,23H,12-15H2,1-2H3,(H,29,30). The lowest BCUT2D eigenvalue weighted by Gasteiger charge is -2.44. The van der Waals surface area contributed by atoms with E-state index in [4.69, 9.17) is 15.0 Å². The molecule has 0 radical (unpaired) electrons. The van der Waals surface area contributed by atoms with Gasteiger partial charge in [-0.25, -0.2) is 4.98 Å². The third-order valence-corrected chi connectivity index (χ3v) is 6.63. The molecule has 0 saturated carbocycles. The van der Waals surface area contributed by atoms with Crippen molar-refractivity contribution < 1.29 is 9.53 Å². The van der Waals surface area contributed by atoms with Gasteiger partial charge in [-0.3, -0.25) is 4.79 Å². The van der Waals surface area contributed by atoms with Gasteiger partial charge in [-0.15, -0.1) is 0 Å². The number of pyridine rings is 1. The lowest BCUT2D eigenvalue weighted by Crippen LogP contribution is -2.56. The highest BCUT2D eigenvalue weighted by atomic mass is 16.5. The van der Waals surface area contributed by atoms with Gasteiger partial charge in [0, 0.05) is 32.0 Å². The van der Waals surface area contributed by atoms with E-state index in [0.29, 0.717) is 18.8 Å². The van der Waals surface area contributed by atoms with E-state index in [1.54, 1.807) is 4.90 Å². The fourth-order valence-electron chi connectivity index (χ4n) is 4.78. The zero-order chi connectivity index (χ0) is 23.7. The Morgan fingerprint density at radius 2 is 1.82 bits per heavy atom. The van der Waals surface area contributed by atoms with Crippen LogP contribution < -0.4 is 15.1 Å². The highest BCUT2D eigenvalue weighted by molar-refractivity contribution is 6.04. The molecule has 2 aliphatic heterocycles. The lowest BCUT2D eigenvalue weighted by atomic mass is 10.0. The van der Waals surface area contributed by atoms with Gasteiger partial charge < -0.3 is 19.9 Å². The topological polar surface area (TPSA) is 81.5 Å². The van der Waals surface area contributed by atoms with Crippen molar-refractivity contribution in [3.05, 3.63) is 66.2 Å². The molecule has 1 aromatic heterocycles. The molecule has 2 aliphatic rings. The zero-order valence-corrected chi connectivity index (χ0v) is 19.4. The number of rotatable bonds is 4. The molecular weight excluding hydrogens is 426 g/mol. The molecule has 1 unspecified atom stereocenters. The summed E-state index contributed by atoms with van der Waals surface area (Å²) >= 11 is 0. The molecule has 2 aromatic carbocycles. The van der Waals surface area contributed by atoms with Crippen LogP contribution in [0.3, 0.4) is 0 Å². The predicted octanol–water partition coefficient (Wildman–Crippen LogP) is 4.71. The Labute approximate surface area is 199 Å². The first kappa shape index (κ1) is 21.9. The number of hydrogen-bond acceptors (Lipinski definition) is 6. The SMILES string of the molecule is CC1C(=O)N(C)c2ccc(Nc3cccc(-c4ccc(C#N)cc4)c3)nc2N1C1CCOCC1. The first-order valence-electron chi connectivity index (χ1n) is 11.6. The van der Waals surface area contributed by atoms with Gasteiger partial charge in [-0.2, -0.15) is 5.26 Å². The third kappa shape index (κ3) is 4.09. The lowest BCUT2D eigenvalue weighted by molar-refractivity contribution is -0.119. The number of anilines is 4. The molecule has 1 N–H and O–H groups in total. The zero-order valence-electron chi connectivity index (χ0n) is 19.4. The monoisotopic (exact) mass is 453 g/mol. The molecule has 172 valence electrons. The Balaban J connectivity index is 1.45. The van der Waals surface area contributed by atoms with Gasteiger partial charge in [0.2, 0.25) is 5.91 Å². The van der Waals surface area contributed by atoms with E-state index < -0.39 is 0 Å². The van der Waals surface area contributed by atoms with Gasteiger partial charge in [0.05, 0.1) is 17.3 Å². The molecule has 3 heterocycles. The van der Waals surface area contributed by atoms with Crippen LogP contribution in [0.2, 0.25) is 0 Å². The number of nitrogens with zero attached hydrogens (tertiary/aromatic N) is 4. The van der Waals surface area contributed by atoms with E-state index in [2.05, 4.69) is 22.4 Å². The van der Waals surface area contributed by atoms with Gasteiger partial charge in [-0.1, -0.05) is 24.3 Å². The summed E-state index contributed by atoms with van der Waals surface area (Å²) in [6, 6.07) is 21.6. The van der Waals surface area contributed by atoms with Crippen molar-refractivity contribution in [1.29, 1.82) is 5.26 Å². The molecule has 0 spiro atoms. The fourth-order valence-corrected chi connectivity index (χ4v) is 4.78. The number of nitrogens with one attached hydrogen (secondary N) is 1. The summed E-state index contributed by atoms with van der Waals surface area (Å²) in [5, 5.41) is 12.5. The molecule has 1 saturated heterocycles. The van der Waals surface area contributed by atoms with E-state index in [0.717, 1.165) is 47.0 Å². The number of nitriles is 1. The maximum absolute atomic E-state index is 12.9. The van der Waals surface area contributed by atoms with E-state index in [-0.39, 0.29) is 18.0 Å². The van der Waals surface area contributed by atoms with Crippen molar-refractivity contribution >= 4 is 28.9 Å². The van der Waals surface area contributed by atoms with Crippen LogP contribution in [0.15, 0.2) is 60.7 Å². The number of carbonyl (C=O) groups is 1. The van der Waals surface area contributed by atoms with Gasteiger partial charge in [0.15, 0.2) is 5.82 Å². The van der Waals surface area contributed by atoms with Crippen LogP contribution in [-0.2, 0) is 9.53 Å². The highest BCUT2D eigenvalue weighted by Crippen LogP contribution is 2.38. The minimum Gasteiger partial charge on any atom is -0.381 e. The first-order valence-corrected chi connectivity index (χ1v) is 11.6. The summed E-state index contributed by atoms with van der Waals surface area (Å²) in [4.78, 5) is 21.8. The summed E-state index contributed by atoms with van der Waals surface area (Å²) in [6.07, 6.45) is 1.76. The third-order valence-electron chi connectivity index (χ3n) is 6.63. The van der Waals surface area contributed by atoms with Crippen molar-refractivity contribution in [3.8, 4) is 17.2 Å². The predicted molar refractivity (Wildman–Crippen MR) is 133 cm³/mol. The van der Waals surface area contributed by atoms with Crippen LogP contribution in [0.5, 0.6) is 0 Å². The molecule has 0 aliphatic carbocycles. The molecule has 1 amide bonds. The molecule has 5 rings (SSSR count). The van der Waals surface area contributed by atoms with Gasteiger partial charge in [0.25, 0.3) is 0 Å². The number of hydrogen-bond donors (Lipinski definition) is 1. The van der Waals surface area contributed by atoms with Crippen molar-refractivity contribution in [2.24, 2.45) is 0 Å². The highest BCUT2D eigenvalue weighted by Gasteiger charge is 2.39. The molecule has 0 bridgehead atoms. The minimum absolute atomic E-state index is 0.0802. The molecule has 1 atom stereocenters. The molecule has 7 heteroatoms. The van der Waals surface area contributed by atoms with Crippen LogP contribution in [0.25, 0.3) is 11.1 Å².